The summed E-state index contributed by atoms with van der Waals surface area (Å²) in [5.74, 6) is 0.0443. The number of para-hydroxylation sites is 1. The maximum atomic E-state index is 13.1. The molecule has 0 saturated carbocycles. The second kappa shape index (κ2) is 7.54. The molecule has 0 radical (unpaired) electrons. The van der Waals surface area contributed by atoms with Gasteiger partial charge in [-0.15, -0.1) is 0 Å². The van der Waals surface area contributed by atoms with Gasteiger partial charge in [-0.3, -0.25) is 9.59 Å². The number of ketones is 1. The minimum atomic E-state index is 0.0116. The number of hydrogen-bond acceptors (Lipinski definition) is 2. The molecule has 2 aromatic carbocycles. The number of nitrogens with zero attached hydrogens (tertiary/aromatic N) is 1. The fraction of sp³-hybridized carbons (Fsp3) is 0.238. The van der Waals surface area contributed by atoms with E-state index in [4.69, 9.17) is 0 Å². The van der Waals surface area contributed by atoms with E-state index in [-0.39, 0.29) is 18.2 Å². The van der Waals surface area contributed by atoms with Gasteiger partial charge in [-0.2, -0.15) is 0 Å². The fourth-order valence-electron chi connectivity index (χ4n) is 3.09. The summed E-state index contributed by atoms with van der Waals surface area (Å²) in [6.07, 6.45) is 0. The first-order chi connectivity index (χ1) is 12.5. The van der Waals surface area contributed by atoms with Crippen molar-refractivity contribution < 1.29 is 14.5 Å². The zero-order chi connectivity index (χ0) is 18.7. The van der Waals surface area contributed by atoms with Gasteiger partial charge in [0.1, 0.15) is 6.54 Å². The summed E-state index contributed by atoms with van der Waals surface area (Å²) in [4.78, 5) is 30.8. The standard InChI is InChI=1S/C21H23N3O2/c1-23(2)19(26)14-24(3)13-18(25)20-16-11-7-8-12-17(16)22-21(20)15-9-5-4-6-10-15/h4-12,22H,13-14H2,1-3H3/p+1. The number of nitrogens with one attached hydrogen (secondary N) is 2. The molecule has 0 aliphatic carbocycles. The van der Waals surface area contributed by atoms with Crippen molar-refractivity contribution in [3.05, 3.63) is 60.2 Å². The highest BCUT2D eigenvalue weighted by Crippen LogP contribution is 2.30. The summed E-state index contributed by atoms with van der Waals surface area (Å²) in [5, 5.41) is 0.920. The number of amides is 1. The number of Topliss-reactive ketones (excluding diaryl/α,β-unsaturated/α-hetero) is 1. The fourth-order valence-corrected chi connectivity index (χ4v) is 3.09. The number of carbonyl (C=O) groups is 2. The Labute approximate surface area is 153 Å². The van der Waals surface area contributed by atoms with Crippen molar-refractivity contribution >= 4 is 22.6 Å². The Balaban J connectivity index is 1.95. The van der Waals surface area contributed by atoms with E-state index >= 15 is 0 Å². The molecule has 1 aromatic heterocycles. The Morgan fingerprint density at radius 2 is 1.62 bits per heavy atom. The van der Waals surface area contributed by atoms with Gasteiger partial charge in [0.05, 0.1) is 18.3 Å². The van der Waals surface area contributed by atoms with Gasteiger partial charge in [-0.1, -0.05) is 48.5 Å². The van der Waals surface area contributed by atoms with Gasteiger partial charge in [0.25, 0.3) is 5.91 Å². The van der Waals surface area contributed by atoms with Crippen molar-refractivity contribution in [1.82, 2.24) is 9.88 Å². The minimum Gasteiger partial charge on any atom is -0.354 e. The van der Waals surface area contributed by atoms with Gasteiger partial charge in [0, 0.05) is 25.0 Å². The molecule has 3 rings (SSSR count). The molecule has 1 heterocycles. The van der Waals surface area contributed by atoms with E-state index < -0.39 is 0 Å². The van der Waals surface area contributed by atoms with Crippen LogP contribution in [0.2, 0.25) is 0 Å². The van der Waals surface area contributed by atoms with Crippen LogP contribution >= 0.6 is 0 Å². The van der Waals surface area contributed by atoms with Gasteiger partial charge in [0.2, 0.25) is 5.78 Å². The maximum absolute atomic E-state index is 13.1. The van der Waals surface area contributed by atoms with Crippen LogP contribution in [0.1, 0.15) is 10.4 Å². The molecule has 1 atom stereocenters. The number of aromatic nitrogens is 1. The number of benzene rings is 2. The molecule has 0 bridgehead atoms. The van der Waals surface area contributed by atoms with Crippen LogP contribution in [0.3, 0.4) is 0 Å². The Kier molecular flexibility index (Phi) is 5.19. The molecule has 1 amide bonds. The smallest absolute Gasteiger partial charge is 0.277 e. The lowest BCUT2D eigenvalue weighted by atomic mass is 10.0. The summed E-state index contributed by atoms with van der Waals surface area (Å²) in [6.45, 7) is 0.559. The molecule has 5 heteroatoms. The largest absolute Gasteiger partial charge is 0.354 e. The van der Waals surface area contributed by atoms with Crippen LogP contribution in [0.5, 0.6) is 0 Å². The van der Waals surface area contributed by atoms with Crippen LogP contribution < -0.4 is 4.90 Å². The van der Waals surface area contributed by atoms with Crippen molar-refractivity contribution in [3.63, 3.8) is 0 Å². The molecule has 0 fully saturated rings. The van der Waals surface area contributed by atoms with E-state index in [0.29, 0.717) is 12.1 Å². The lowest BCUT2D eigenvalue weighted by Crippen LogP contribution is -3.11. The first kappa shape index (κ1) is 17.9. The topological polar surface area (TPSA) is 57.6 Å². The third-order valence-electron chi connectivity index (χ3n) is 4.46. The molecule has 0 aliphatic heterocycles. The number of hydrogen-bond donors (Lipinski definition) is 2. The Hall–Kier alpha value is -2.92. The monoisotopic (exact) mass is 350 g/mol. The van der Waals surface area contributed by atoms with Crippen molar-refractivity contribution in [2.45, 2.75) is 0 Å². The quantitative estimate of drug-likeness (QED) is 0.664. The molecule has 0 aliphatic rings. The van der Waals surface area contributed by atoms with Crippen molar-refractivity contribution in [1.29, 1.82) is 0 Å². The lowest BCUT2D eigenvalue weighted by molar-refractivity contribution is -0.862. The zero-order valence-corrected chi connectivity index (χ0v) is 15.4. The summed E-state index contributed by atoms with van der Waals surface area (Å²) >= 11 is 0. The van der Waals surface area contributed by atoms with Gasteiger partial charge >= 0.3 is 0 Å². The average molecular weight is 350 g/mol. The lowest BCUT2D eigenvalue weighted by Gasteiger charge is -2.16. The summed E-state index contributed by atoms with van der Waals surface area (Å²) < 4.78 is 0. The summed E-state index contributed by atoms with van der Waals surface area (Å²) in [6, 6.07) is 17.7. The second-order valence-electron chi connectivity index (χ2n) is 6.81. The Bertz CT molecular complexity index is 929. The number of aromatic amines is 1. The van der Waals surface area contributed by atoms with Crippen LogP contribution in [0.25, 0.3) is 22.2 Å². The molecule has 3 aromatic rings. The molecular weight excluding hydrogens is 326 g/mol. The zero-order valence-electron chi connectivity index (χ0n) is 15.4. The molecule has 5 nitrogen and oxygen atoms in total. The van der Waals surface area contributed by atoms with E-state index in [2.05, 4.69) is 4.98 Å². The molecule has 26 heavy (non-hydrogen) atoms. The number of H-pyrrole nitrogens is 1. The van der Waals surface area contributed by atoms with E-state index in [0.717, 1.165) is 27.1 Å². The van der Waals surface area contributed by atoms with Gasteiger partial charge < -0.3 is 14.8 Å². The predicted molar refractivity (Wildman–Crippen MR) is 103 cm³/mol. The normalized spacial score (nSPS) is 12.1. The van der Waals surface area contributed by atoms with E-state index in [1.807, 2.05) is 61.6 Å². The second-order valence-corrected chi connectivity index (χ2v) is 6.81. The van der Waals surface area contributed by atoms with Crippen molar-refractivity contribution in [2.75, 3.05) is 34.2 Å². The van der Waals surface area contributed by atoms with E-state index in [1.54, 1.807) is 19.0 Å². The third-order valence-corrected chi connectivity index (χ3v) is 4.46. The molecule has 2 N–H and O–H groups in total. The van der Waals surface area contributed by atoms with Crippen LogP contribution in [-0.4, -0.2) is 55.8 Å². The molecule has 134 valence electrons. The average Bonchev–Trinajstić information content (AvgIpc) is 3.01. The predicted octanol–water partition coefficient (Wildman–Crippen LogP) is 1.62. The van der Waals surface area contributed by atoms with E-state index in [9.17, 15) is 9.59 Å². The highest BCUT2D eigenvalue weighted by Gasteiger charge is 2.23. The number of fused-ring (bicyclic) bond motifs is 1. The van der Waals surface area contributed by atoms with Crippen LogP contribution in [0.15, 0.2) is 54.6 Å². The first-order valence-corrected chi connectivity index (χ1v) is 8.68. The summed E-state index contributed by atoms with van der Waals surface area (Å²) in [5.41, 5.74) is 3.46. The number of rotatable bonds is 6. The van der Waals surface area contributed by atoms with Crippen molar-refractivity contribution in [3.8, 4) is 11.3 Å². The van der Waals surface area contributed by atoms with E-state index in [1.165, 1.54) is 0 Å². The molecule has 0 saturated heterocycles. The number of carbonyl (C=O) groups excluding carboxylic acids is 2. The summed E-state index contributed by atoms with van der Waals surface area (Å²) in [7, 11) is 5.32. The Morgan fingerprint density at radius 1 is 0.962 bits per heavy atom. The number of likely N-dealkylation sites (N-methyl/N-ethyl adjacent to an activating group) is 2. The SMILES string of the molecule is CN(C)C(=O)C[NH+](C)CC(=O)c1c(-c2ccccc2)[nH]c2ccccc12. The molecular formula is C21H24N3O2+. The minimum absolute atomic E-state index is 0.0116. The Morgan fingerprint density at radius 3 is 2.31 bits per heavy atom. The van der Waals surface area contributed by atoms with Gasteiger partial charge in [0.15, 0.2) is 6.54 Å². The van der Waals surface area contributed by atoms with Gasteiger partial charge in [-0.05, 0) is 11.6 Å². The first-order valence-electron chi connectivity index (χ1n) is 8.68. The van der Waals surface area contributed by atoms with Crippen molar-refractivity contribution in [2.24, 2.45) is 0 Å². The number of quaternary nitrogens is 1. The molecule has 1 unspecified atom stereocenters. The van der Waals surface area contributed by atoms with Gasteiger partial charge in [-0.25, -0.2) is 0 Å². The van der Waals surface area contributed by atoms with Crippen LogP contribution in [0, 0.1) is 0 Å². The van der Waals surface area contributed by atoms with Crippen LogP contribution in [0.4, 0.5) is 0 Å². The third kappa shape index (κ3) is 3.68. The maximum Gasteiger partial charge on any atom is 0.277 e. The highest BCUT2D eigenvalue weighted by atomic mass is 16.2. The van der Waals surface area contributed by atoms with Crippen LogP contribution in [-0.2, 0) is 4.79 Å². The molecule has 0 spiro atoms. The highest BCUT2D eigenvalue weighted by molar-refractivity contribution is 6.13.